The van der Waals surface area contributed by atoms with Crippen molar-refractivity contribution in [2.75, 3.05) is 13.8 Å². The Balaban J connectivity index is 2.84. The molecule has 0 aliphatic rings. The first-order valence-corrected chi connectivity index (χ1v) is 9.12. The van der Waals surface area contributed by atoms with Gasteiger partial charge in [-0.05, 0) is 24.1 Å². The molecule has 2 atom stereocenters. The summed E-state index contributed by atoms with van der Waals surface area (Å²) >= 11 is 0. The summed E-state index contributed by atoms with van der Waals surface area (Å²) in [6, 6.07) is 5.71. The maximum atomic E-state index is 12.2. The van der Waals surface area contributed by atoms with Gasteiger partial charge in [0, 0.05) is 12.6 Å². The van der Waals surface area contributed by atoms with Crippen LogP contribution in [0.1, 0.15) is 19.4 Å². The summed E-state index contributed by atoms with van der Waals surface area (Å²) in [6.45, 7) is 4.61. The molecule has 2 N–H and O–H groups in total. The lowest BCUT2D eigenvalue weighted by molar-refractivity contribution is -0.123. The first-order chi connectivity index (χ1) is 10.6. The average Bonchev–Trinajstić information content (AvgIpc) is 2.45. The van der Waals surface area contributed by atoms with Crippen molar-refractivity contribution >= 4 is 19.5 Å². The molecule has 0 saturated carbocycles. The van der Waals surface area contributed by atoms with Crippen molar-refractivity contribution in [3.05, 3.63) is 29.8 Å². The van der Waals surface area contributed by atoms with E-state index in [1.165, 1.54) is 19.2 Å². The zero-order valence-electron chi connectivity index (χ0n) is 13.6. The number of carbonyl (C=O) groups is 2. The number of ketones is 1. The van der Waals surface area contributed by atoms with E-state index in [0.29, 0.717) is 0 Å². The Morgan fingerprint density at radius 2 is 1.83 bits per heavy atom. The molecule has 1 aromatic rings. The van der Waals surface area contributed by atoms with Crippen LogP contribution in [-0.2, 0) is 20.5 Å². The summed E-state index contributed by atoms with van der Waals surface area (Å²) in [5.74, 6) is -0.0842. The monoisotopic (exact) mass is 343 g/mol. The Kier molecular flexibility index (Phi) is 6.79. The number of hydrogen-bond acceptors (Lipinski definition) is 5. The van der Waals surface area contributed by atoms with Crippen LogP contribution in [0.2, 0.25) is 0 Å². The van der Waals surface area contributed by atoms with Gasteiger partial charge in [-0.3, -0.25) is 4.79 Å². The van der Waals surface area contributed by atoms with Crippen LogP contribution in [0.15, 0.2) is 24.3 Å². The number of carbonyl (C=O) groups excluding carboxylic acids is 2. The van der Waals surface area contributed by atoms with Gasteiger partial charge in [-0.25, -0.2) is 9.36 Å². The van der Waals surface area contributed by atoms with Crippen molar-refractivity contribution in [3.63, 3.8) is 0 Å². The fraction of sp³-hybridized carbons (Fsp3) is 0.467. The SMILES string of the molecule is COC(=O)N[C@@H](Cc1ccc(OP(C)(=O)O)cc1)C(=O)C(C)C. The van der Waals surface area contributed by atoms with Gasteiger partial charge < -0.3 is 19.5 Å². The lowest BCUT2D eigenvalue weighted by Crippen LogP contribution is -2.44. The molecule has 0 bridgehead atoms. The van der Waals surface area contributed by atoms with Gasteiger partial charge in [0.15, 0.2) is 5.78 Å². The van der Waals surface area contributed by atoms with Crippen LogP contribution in [-0.4, -0.2) is 36.6 Å². The normalized spacial score (nSPS) is 14.7. The van der Waals surface area contributed by atoms with E-state index < -0.39 is 19.7 Å². The molecule has 0 aliphatic heterocycles. The number of rotatable bonds is 7. The van der Waals surface area contributed by atoms with Crippen molar-refractivity contribution in [1.82, 2.24) is 5.32 Å². The van der Waals surface area contributed by atoms with Gasteiger partial charge in [-0.15, -0.1) is 0 Å². The molecule has 0 radical (unpaired) electrons. The Morgan fingerprint density at radius 1 is 1.26 bits per heavy atom. The van der Waals surface area contributed by atoms with Crippen molar-refractivity contribution in [3.8, 4) is 5.75 Å². The molecule has 0 spiro atoms. The molecule has 0 aromatic heterocycles. The summed E-state index contributed by atoms with van der Waals surface area (Å²) < 4.78 is 20.6. The number of ether oxygens (including phenoxy) is 1. The highest BCUT2D eigenvalue weighted by Crippen LogP contribution is 2.37. The topological polar surface area (TPSA) is 102 Å². The fourth-order valence-corrected chi connectivity index (χ4v) is 2.46. The minimum Gasteiger partial charge on any atom is -0.453 e. The van der Waals surface area contributed by atoms with E-state index in [0.717, 1.165) is 12.2 Å². The molecule has 0 aliphatic carbocycles. The highest BCUT2D eigenvalue weighted by molar-refractivity contribution is 7.52. The molecule has 1 amide bonds. The van der Waals surface area contributed by atoms with Crippen LogP contribution >= 0.6 is 7.60 Å². The third-order valence-corrected chi connectivity index (χ3v) is 3.58. The van der Waals surface area contributed by atoms with Gasteiger partial charge in [-0.1, -0.05) is 26.0 Å². The van der Waals surface area contributed by atoms with Crippen LogP contribution in [0.5, 0.6) is 5.75 Å². The smallest absolute Gasteiger partial charge is 0.407 e. The Labute approximate surface area is 135 Å². The number of methoxy groups -OCH3 is 1. The van der Waals surface area contributed by atoms with Crippen LogP contribution in [0.4, 0.5) is 4.79 Å². The van der Waals surface area contributed by atoms with Gasteiger partial charge in [0.2, 0.25) is 0 Å². The van der Waals surface area contributed by atoms with Crippen molar-refractivity contribution in [1.29, 1.82) is 0 Å². The minimum atomic E-state index is -3.61. The fourth-order valence-electron chi connectivity index (χ4n) is 1.94. The Hall–Kier alpha value is -1.85. The second kappa shape index (κ2) is 8.13. The summed E-state index contributed by atoms with van der Waals surface area (Å²) in [4.78, 5) is 32.7. The summed E-state index contributed by atoms with van der Waals surface area (Å²) in [5.41, 5.74) is 0.775. The Morgan fingerprint density at radius 3 is 2.26 bits per heavy atom. The quantitative estimate of drug-likeness (QED) is 0.737. The zero-order chi connectivity index (χ0) is 17.6. The molecule has 0 saturated heterocycles. The van der Waals surface area contributed by atoms with E-state index in [2.05, 4.69) is 10.1 Å². The molecule has 0 fully saturated rings. The molecular weight excluding hydrogens is 321 g/mol. The molecule has 0 heterocycles. The molecular formula is C15H22NO6P. The zero-order valence-corrected chi connectivity index (χ0v) is 14.5. The van der Waals surface area contributed by atoms with Gasteiger partial charge in [0.1, 0.15) is 5.75 Å². The molecule has 23 heavy (non-hydrogen) atoms. The Bertz CT molecular complexity index is 592. The maximum absolute atomic E-state index is 12.2. The second-order valence-corrected chi connectivity index (χ2v) is 7.28. The van der Waals surface area contributed by atoms with E-state index in [9.17, 15) is 19.0 Å². The largest absolute Gasteiger partial charge is 0.453 e. The van der Waals surface area contributed by atoms with Gasteiger partial charge in [-0.2, -0.15) is 0 Å². The van der Waals surface area contributed by atoms with E-state index in [1.54, 1.807) is 26.0 Å². The maximum Gasteiger partial charge on any atom is 0.407 e. The number of hydrogen-bond donors (Lipinski definition) is 2. The number of benzene rings is 1. The highest BCUT2D eigenvalue weighted by Gasteiger charge is 2.24. The summed E-state index contributed by atoms with van der Waals surface area (Å²) in [6.07, 6.45) is -0.383. The molecule has 1 unspecified atom stereocenters. The van der Waals surface area contributed by atoms with Crippen LogP contribution < -0.4 is 9.84 Å². The number of amides is 1. The van der Waals surface area contributed by atoms with E-state index in [-0.39, 0.29) is 23.9 Å². The number of Topliss-reactive ketones (excluding diaryl/α,β-unsaturated/α-hetero) is 1. The molecule has 7 nitrogen and oxygen atoms in total. The molecule has 1 aromatic carbocycles. The van der Waals surface area contributed by atoms with Crippen molar-refractivity contribution in [2.45, 2.75) is 26.3 Å². The first-order valence-electron chi connectivity index (χ1n) is 7.09. The summed E-state index contributed by atoms with van der Waals surface area (Å²) in [7, 11) is -2.38. The third kappa shape index (κ3) is 6.84. The van der Waals surface area contributed by atoms with E-state index in [4.69, 9.17) is 4.52 Å². The predicted octanol–water partition coefficient (Wildman–Crippen LogP) is 2.37. The number of nitrogens with one attached hydrogen (secondary N) is 1. The van der Waals surface area contributed by atoms with Crippen LogP contribution in [0.25, 0.3) is 0 Å². The van der Waals surface area contributed by atoms with Crippen molar-refractivity contribution < 1.29 is 28.3 Å². The third-order valence-electron chi connectivity index (χ3n) is 3.03. The van der Waals surface area contributed by atoms with Crippen molar-refractivity contribution in [2.24, 2.45) is 5.92 Å². The van der Waals surface area contributed by atoms with Gasteiger partial charge in [0.25, 0.3) is 0 Å². The number of alkyl carbamates (subject to hydrolysis) is 1. The van der Waals surface area contributed by atoms with Gasteiger partial charge >= 0.3 is 13.7 Å². The summed E-state index contributed by atoms with van der Waals surface area (Å²) in [5, 5.41) is 2.52. The predicted molar refractivity (Wildman–Crippen MR) is 85.7 cm³/mol. The lowest BCUT2D eigenvalue weighted by atomic mass is 9.96. The standard InChI is InChI=1S/C15H22NO6P/c1-10(2)14(17)13(16-15(18)21-3)9-11-5-7-12(8-6-11)22-23(4,19)20/h5-8,10,13H,9H2,1-4H3,(H,16,18)(H,19,20)/t13-/m0/s1. The lowest BCUT2D eigenvalue weighted by Gasteiger charge is -2.19. The van der Waals surface area contributed by atoms with E-state index in [1.807, 2.05) is 0 Å². The average molecular weight is 343 g/mol. The minimum absolute atomic E-state index is 0.107. The molecule has 8 heteroatoms. The van der Waals surface area contributed by atoms with Gasteiger partial charge in [0.05, 0.1) is 13.2 Å². The molecule has 1 rings (SSSR count). The van der Waals surface area contributed by atoms with Crippen LogP contribution in [0.3, 0.4) is 0 Å². The first kappa shape index (κ1) is 19.2. The second-order valence-electron chi connectivity index (χ2n) is 5.49. The highest BCUT2D eigenvalue weighted by atomic mass is 31.2. The molecule has 128 valence electrons. The van der Waals surface area contributed by atoms with E-state index >= 15 is 0 Å². The van der Waals surface area contributed by atoms with Crippen LogP contribution in [0, 0.1) is 5.92 Å².